The van der Waals surface area contributed by atoms with Crippen LogP contribution in [0, 0.1) is 0 Å². The van der Waals surface area contributed by atoms with Gasteiger partial charge in [0, 0.05) is 17.3 Å². The highest BCUT2D eigenvalue weighted by molar-refractivity contribution is 7.09. The molecule has 5 heteroatoms. The van der Waals surface area contributed by atoms with Gasteiger partial charge in [-0.15, -0.1) is 11.3 Å². The molecule has 14 heavy (non-hydrogen) atoms. The fourth-order valence-corrected chi connectivity index (χ4v) is 1.60. The largest absolute Gasteiger partial charge is 0.396 e. The Morgan fingerprint density at radius 1 is 1.50 bits per heavy atom. The smallest absolute Gasteiger partial charge is 0.149 e. The van der Waals surface area contributed by atoms with Crippen LogP contribution in [0.25, 0.3) is 0 Å². The number of hydrogen-bond acceptors (Lipinski definition) is 5. The Morgan fingerprint density at radius 3 is 3.14 bits per heavy atom. The van der Waals surface area contributed by atoms with Gasteiger partial charge in [-0.2, -0.15) is 0 Å². The quantitative estimate of drug-likeness (QED) is 0.802. The standard InChI is InChI=1S/C9H10N4S/c10-8-2-1-3-12-9(8)13-5-7-4-11-6-14-7/h1-4,6H,5,10H2,(H,12,13). The molecule has 0 bridgehead atoms. The molecule has 0 saturated carbocycles. The average molecular weight is 206 g/mol. The van der Waals surface area contributed by atoms with E-state index in [0.717, 1.165) is 10.7 Å². The summed E-state index contributed by atoms with van der Waals surface area (Å²) in [7, 11) is 0. The molecule has 0 aliphatic heterocycles. The van der Waals surface area contributed by atoms with Crippen molar-refractivity contribution in [1.82, 2.24) is 9.97 Å². The predicted octanol–water partition coefficient (Wildman–Crippen LogP) is 1.73. The van der Waals surface area contributed by atoms with Gasteiger partial charge < -0.3 is 11.1 Å². The second-order valence-corrected chi connectivity index (χ2v) is 3.73. The monoisotopic (exact) mass is 206 g/mol. The van der Waals surface area contributed by atoms with Crippen molar-refractivity contribution in [2.75, 3.05) is 11.1 Å². The van der Waals surface area contributed by atoms with E-state index in [1.165, 1.54) is 0 Å². The summed E-state index contributed by atoms with van der Waals surface area (Å²) in [5, 5.41) is 3.15. The number of nitrogens with zero attached hydrogens (tertiary/aromatic N) is 2. The summed E-state index contributed by atoms with van der Waals surface area (Å²) in [4.78, 5) is 9.27. The van der Waals surface area contributed by atoms with Crippen LogP contribution in [0.15, 0.2) is 30.0 Å². The van der Waals surface area contributed by atoms with E-state index in [9.17, 15) is 0 Å². The minimum atomic E-state index is 0.664. The molecule has 2 rings (SSSR count). The molecule has 3 N–H and O–H groups in total. The van der Waals surface area contributed by atoms with Gasteiger partial charge in [0.05, 0.1) is 17.7 Å². The van der Waals surface area contributed by atoms with Gasteiger partial charge in [0.15, 0.2) is 0 Å². The Balaban J connectivity index is 2.02. The minimum absolute atomic E-state index is 0.664. The molecule has 0 spiro atoms. The molecule has 0 fully saturated rings. The number of nitrogens with two attached hydrogens (primary N) is 1. The molecule has 0 unspecified atom stereocenters. The number of nitrogen functional groups attached to an aromatic ring is 1. The lowest BCUT2D eigenvalue weighted by Crippen LogP contribution is -2.02. The van der Waals surface area contributed by atoms with E-state index in [1.807, 2.05) is 18.3 Å². The molecule has 2 aromatic rings. The van der Waals surface area contributed by atoms with Crippen molar-refractivity contribution < 1.29 is 0 Å². The van der Waals surface area contributed by atoms with Gasteiger partial charge in [0.25, 0.3) is 0 Å². The number of nitrogens with one attached hydrogen (secondary N) is 1. The van der Waals surface area contributed by atoms with Crippen LogP contribution in [0.5, 0.6) is 0 Å². The summed E-state index contributed by atoms with van der Waals surface area (Å²) in [5.74, 6) is 0.723. The lowest BCUT2D eigenvalue weighted by Gasteiger charge is -2.05. The molecule has 2 aromatic heterocycles. The van der Waals surface area contributed by atoms with Crippen molar-refractivity contribution in [3.05, 3.63) is 34.9 Å². The first-order chi connectivity index (χ1) is 6.86. The van der Waals surface area contributed by atoms with Crippen molar-refractivity contribution in [3.63, 3.8) is 0 Å². The molecule has 0 aliphatic rings. The first-order valence-electron chi connectivity index (χ1n) is 4.18. The third-order valence-electron chi connectivity index (χ3n) is 1.75. The van der Waals surface area contributed by atoms with E-state index in [-0.39, 0.29) is 0 Å². The highest BCUT2D eigenvalue weighted by atomic mass is 32.1. The average Bonchev–Trinajstić information content (AvgIpc) is 2.69. The van der Waals surface area contributed by atoms with Gasteiger partial charge in [0.1, 0.15) is 5.82 Å². The number of rotatable bonds is 3. The van der Waals surface area contributed by atoms with Crippen LogP contribution in [0.1, 0.15) is 4.88 Å². The molecular weight excluding hydrogens is 196 g/mol. The van der Waals surface area contributed by atoms with Crippen LogP contribution in [-0.2, 0) is 6.54 Å². The number of thiazole rings is 1. The van der Waals surface area contributed by atoms with Gasteiger partial charge in [-0.3, -0.25) is 4.98 Å². The van der Waals surface area contributed by atoms with Crippen LogP contribution < -0.4 is 11.1 Å². The van der Waals surface area contributed by atoms with Crippen molar-refractivity contribution in [2.24, 2.45) is 0 Å². The highest BCUT2D eigenvalue weighted by Crippen LogP contribution is 2.15. The van der Waals surface area contributed by atoms with Crippen LogP contribution >= 0.6 is 11.3 Å². The van der Waals surface area contributed by atoms with E-state index in [4.69, 9.17) is 5.73 Å². The van der Waals surface area contributed by atoms with Crippen molar-refractivity contribution in [3.8, 4) is 0 Å². The number of aromatic nitrogens is 2. The fourth-order valence-electron chi connectivity index (χ4n) is 1.07. The summed E-state index contributed by atoms with van der Waals surface area (Å²) in [5.41, 5.74) is 8.19. The number of pyridine rings is 1. The lowest BCUT2D eigenvalue weighted by atomic mass is 10.4. The number of hydrogen-bond donors (Lipinski definition) is 2. The fraction of sp³-hybridized carbons (Fsp3) is 0.111. The summed E-state index contributed by atoms with van der Waals surface area (Å²) in [6.07, 6.45) is 3.54. The van der Waals surface area contributed by atoms with Gasteiger partial charge in [-0.1, -0.05) is 0 Å². The van der Waals surface area contributed by atoms with Crippen molar-refractivity contribution >= 4 is 22.8 Å². The van der Waals surface area contributed by atoms with Gasteiger partial charge >= 0.3 is 0 Å². The Labute approximate surface area is 85.8 Å². The van der Waals surface area contributed by atoms with E-state index in [0.29, 0.717) is 12.2 Å². The molecule has 0 aliphatic carbocycles. The molecule has 4 nitrogen and oxygen atoms in total. The maximum absolute atomic E-state index is 5.72. The van der Waals surface area contributed by atoms with Crippen molar-refractivity contribution in [2.45, 2.75) is 6.54 Å². The normalized spacial score (nSPS) is 10.0. The van der Waals surface area contributed by atoms with E-state index >= 15 is 0 Å². The first-order valence-corrected chi connectivity index (χ1v) is 5.06. The van der Waals surface area contributed by atoms with Crippen LogP contribution in [0.3, 0.4) is 0 Å². The molecule has 0 atom stereocenters. The van der Waals surface area contributed by atoms with Gasteiger partial charge in [0.2, 0.25) is 0 Å². The third kappa shape index (κ3) is 2.00. The third-order valence-corrected chi connectivity index (χ3v) is 2.53. The van der Waals surface area contributed by atoms with Crippen LogP contribution in [0.2, 0.25) is 0 Å². The molecular formula is C9H10N4S. The zero-order chi connectivity index (χ0) is 9.80. The van der Waals surface area contributed by atoms with E-state index in [1.54, 1.807) is 23.0 Å². The van der Waals surface area contributed by atoms with E-state index < -0.39 is 0 Å². The topological polar surface area (TPSA) is 63.8 Å². The summed E-state index contributed by atoms with van der Waals surface area (Å²) < 4.78 is 0. The maximum Gasteiger partial charge on any atom is 0.149 e. The molecule has 0 radical (unpaired) electrons. The van der Waals surface area contributed by atoms with Gasteiger partial charge in [-0.25, -0.2) is 4.98 Å². The Morgan fingerprint density at radius 2 is 2.43 bits per heavy atom. The number of anilines is 2. The molecule has 0 saturated heterocycles. The Bertz CT molecular complexity index is 399. The Kier molecular flexibility index (Phi) is 2.60. The molecule has 0 amide bonds. The summed E-state index contributed by atoms with van der Waals surface area (Å²) in [6, 6.07) is 3.63. The van der Waals surface area contributed by atoms with Crippen molar-refractivity contribution in [1.29, 1.82) is 0 Å². The SMILES string of the molecule is Nc1cccnc1NCc1cncs1. The van der Waals surface area contributed by atoms with Crippen LogP contribution in [0.4, 0.5) is 11.5 Å². The lowest BCUT2D eigenvalue weighted by molar-refractivity contribution is 1.13. The summed E-state index contributed by atoms with van der Waals surface area (Å²) >= 11 is 1.61. The molecule has 0 aromatic carbocycles. The Hall–Kier alpha value is -1.62. The first kappa shape index (κ1) is 8.96. The van der Waals surface area contributed by atoms with E-state index in [2.05, 4.69) is 15.3 Å². The zero-order valence-electron chi connectivity index (χ0n) is 7.47. The minimum Gasteiger partial charge on any atom is -0.396 e. The van der Waals surface area contributed by atoms with Gasteiger partial charge in [-0.05, 0) is 12.1 Å². The molecule has 72 valence electrons. The highest BCUT2D eigenvalue weighted by Gasteiger charge is 1.99. The summed E-state index contributed by atoms with van der Waals surface area (Å²) in [6.45, 7) is 0.714. The maximum atomic E-state index is 5.72. The molecule has 2 heterocycles. The predicted molar refractivity (Wildman–Crippen MR) is 58.1 cm³/mol. The second kappa shape index (κ2) is 4.06. The zero-order valence-corrected chi connectivity index (χ0v) is 8.29. The van der Waals surface area contributed by atoms with Crippen LogP contribution in [-0.4, -0.2) is 9.97 Å². The second-order valence-electron chi connectivity index (χ2n) is 2.76.